The molecule has 0 amide bonds. The van der Waals surface area contributed by atoms with Crippen LogP contribution in [0.5, 0.6) is 0 Å². The van der Waals surface area contributed by atoms with Gasteiger partial charge >= 0.3 is 0 Å². The Kier molecular flexibility index (Phi) is 5.92. The van der Waals surface area contributed by atoms with E-state index in [9.17, 15) is 0 Å². The summed E-state index contributed by atoms with van der Waals surface area (Å²) >= 11 is 0. The van der Waals surface area contributed by atoms with Crippen molar-refractivity contribution in [3.63, 3.8) is 0 Å². The van der Waals surface area contributed by atoms with Crippen molar-refractivity contribution in [1.82, 2.24) is 0 Å². The molecule has 1 aliphatic carbocycles. The van der Waals surface area contributed by atoms with Crippen molar-refractivity contribution in [2.75, 3.05) is 0 Å². The van der Waals surface area contributed by atoms with Crippen LogP contribution in [0, 0.1) is 5.92 Å². The molecule has 0 aliphatic heterocycles. The molecule has 30 heavy (non-hydrogen) atoms. The maximum Gasteiger partial charge on any atom is 0.0776 e. The van der Waals surface area contributed by atoms with E-state index in [0.717, 1.165) is 6.42 Å². The van der Waals surface area contributed by atoms with E-state index in [4.69, 9.17) is 0 Å². The van der Waals surface area contributed by atoms with Crippen LogP contribution in [-0.2, 0) is 11.8 Å². The highest BCUT2D eigenvalue weighted by molar-refractivity contribution is 6.91. The molecule has 162 valence electrons. The first kappa shape index (κ1) is 23.3. The first-order valence-electron chi connectivity index (χ1n) is 11.6. The van der Waals surface area contributed by atoms with Gasteiger partial charge in [0.2, 0.25) is 0 Å². The molecule has 0 saturated heterocycles. The fourth-order valence-corrected chi connectivity index (χ4v) is 6.88. The molecule has 1 aliphatic rings. The fourth-order valence-electron chi connectivity index (χ4n) is 4.38. The summed E-state index contributed by atoms with van der Waals surface area (Å²) in [7, 11) is -2.84. The maximum atomic E-state index is 2.55. The smallest absolute Gasteiger partial charge is 0.0656 e. The molecular formula is C28H42Si2. The molecule has 0 radical (unpaired) electrons. The molecule has 2 aromatic carbocycles. The second kappa shape index (κ2) is 7.63. The Balaban J connectivity index is 2.39. The standard InChI is InChI=1S/C28H42Si2/c1-19(2)21-14-20-12-13-26(28(3,4)5)27(25(20)17-21)22-15-23(29(6,7)8)18-24(16-22)30(9,10)11/h12-13,15-19H,14H2,1-11H3. The Bertz CT molecular complexity index is 955. The van der Waals surface area contributed by atoms with E-state index >= 15 is 0 Å². The minimum atomic E-state index is -1.42. The number of allylic oxidation sites excluding steroid dienone is 1. The normalized spacial score (nSPS) is 14.9. The number of benzene rings is 2. The summed E-state index contributed by atoms with van der Waals surface area (Å²) in [5, 5.41) is 3.20. The zero-order chi connectivity index (χ0) is 22.6. The topological polar surface area (TPSA) is 0 Å². The first-order valence-corrected chi connectivity index (χ1v) is 18.6. The average Bonchev–Trinajstić information content (AvgIpc) is 3.02. The van der Waals surface area contributed by atoms with Gasteiger partial charge in [0, 0.05) is 0 Å². The lowest BCUT2D eigenvalue weighted by molar-refractivity contribution is 0.591. The largest absolute Gasteiger partial charge is 0.0776 e. The van der Waals surface area contributed by atoms with E-state index in [0.29, 0.717) is 5.92 Å². The SMILES string of the molecule is CC(C)C1=Cc2c(ccc(C(C)(C)C)c2-c2cc([Si](C)(C)C)cc([Si](C)(C)C)c2)C1. The summed E-state index contributed by atoms with van der Waals surface area (Å²) in [6.45, 7) is 26.6. The van der Waals surface area contributed by atoms with Gasteiger partial charge in [-0.05, 0) is 45.6 Å². The number of rotatable bonds is 4. The van der Waals surface area contributed by atoms with Gasteiger partial charge in [-0.1, -0.05) is 126 Å². The molecule has 0 aromatic heterocycles. The van der Waals surface area contributed by atoms with E-state index in [-0.39, 0.29) is 5.41 Å². The lowest BCUT2D eigenvalue weighted by Crippen LogP contribution is -2.45. The summed E-state index contributed by atoms with van der Waals surface area (Å²) < 4.78 is 0. The van der Waals surface area contributed by atoms with Crippen LogP contribution >= 0.6 is 0 Å². The van der Waals surface area contributed by atoms with Gasteiger partial charge in [-0.2, -0.15) is 0 Å². The van der Waals surface area contributed by atoms with Gasteiger partial charge in [-0.25, -0.2) is 0 Å². The zero-order valence-electron chi connectivity index (χ0n) is 21.2. The molecule has 0 unspecified atom stereocenters. The molecule has 0 nitrogen and oxygen atoms in total. The minimum absolute atomic E-state index is 0.118. The summed E-state index contributed by atoms with van der Waals surface area (Å²) in [4.78, 5) is 0. The molecule has 2 heteroatoms. The molecule has 0 N–H and O–H groups in total. The summed E-state index contributed by atoms with van der Waals surface area (Å²) in [5.74, 6) is 0.606. The molecule has 3 rings (SSSR count). The van der Waals surface area contributed by atoms with Crippen molar-refractivity contribution in [3.05, 3.63) is 52.6 Å². The average molecular weight is 435 g/mol. The van der Waals surface area contributed by atoms with E-state index < -0.39 is 16.1 Å². The third kappa shape index (κ3) is 4.60. The van der Waals surface area contributed by atoms with Crippen molar-refractivity contribution < 1.29 is 0 Å². The third-order valence-corrected chi connectivity index (χ3v) is 10.6. The van der Waals surface area contributed by atoms with Crippen molar-refractivity contribution in [2.24, 2.45) is 5.92 Å². The van der Waals surface area contributed by atoms with Crippen molar-refractivity contribution in [1.29, 1.82) is 0 Å². The number of hydrogen-bond acceptors (Lipinski definition) is 0. The van der Waals surface area contributed by atoms with E-state index in [2.05, 4.69) is 110 Å². The second-order valence-electron chi connectivity index (χ2n) is 12.7. The Labute approximate surface area is 187 Å². The van der Waals surface area contributed by atoms with Crippen LogP contribution in [0.4, 0.5) is 0 Å². The van der Waals surface area contributed by atoms with Crippen LogP contribution in [-0.4, -0.2) is 16.1 Å². The monoisotopic (exact) mass is 434 g/mol. The van der Waals surface area contributed by atoms with Crippen LogP contribution in [0.2, 0.25) is 39.3 Å². The zero-order valence-corrected chi connectivity index (χ0v) is 23.2. The maximum absolute atomic E-state index is 2.55. The summed E-state index contributed by atoms with van der Waals surface area (Å²) in [5.41, 5.74) is 9.12. The highest BCUT2D eigenvalue weighted by atomic mass is 28.3. The quantitative estimate of drug-likeness (QED) is 0.442. The molecule has 0 atom stereocenters. The molecule has 0 heterocycles. The molecular weight excluding hydrogens is 392 g/mol. The molecule has 0 saturated carbocycles. The van der Waals surface area contributed by atoms with Gasteiger partial charge in [0.25, 0.3) is 0 Å². The van der Waals surface area contributed by atoms with Crippen LogP contribution < -0.4 is 10.4 Å². The van der Waals surface area contributed by atoms with Gasteiger partial charge in [-0.3, -0.25) is 0 Å². The predicted octanol–water partition coefficient (Wildman–Crippen LogP) is 7.34. The van der Waals surface area contributed by atoms with E-state index in [1.165, 1.54) is 27.8 Å². The van der Waals surface area contributed by atoms with Crippen LogP contribution in [0.15, 0.2) is 35.9 Å². The van der Waals surface area contributed by atoms with Crippen molar-refractivity contribution >= 4 is 32.6 Å². The minimum Gasteiger partial charge on any atom is -0.0656 e. The molecule has 0 bridgehead atoms. The van der Waals surface area contributed by atoms with Gasteiger partial charge in [0.05, 0.1) is 16.1 Å². The highest BCUT2D eigenvalue weighted by Crippen LogP contribution is 2.42. The number of hydrogen-bond donors (Lipinski definition) is 0. The lowest BCUT2D eigenvalue weighted by Gasteiger charge is -2.28. The Hall–Kier alpha value is -1.39. The molecule has 0 fully saturated rings. The van der Waals surface area contributed by atoms with Crippen LogP contribution in [0.25, 0.3) is 17.2 Å². The third-order valence-electron chi connectivity index (χ3n) is 6.56. The first-order chi connectivity index (χ1) is 13.6. The van der Waals surface area contributed by atoms with Gasteiger partial charge in [0.1, 0.15) is 0 Å². The van der Waals surface area contributed by atoms with Crippen LogP contribution in [0.1, 0.15) is 51.3 Å². The Morgan fingerprint density at radius 2 is 1.33 bits per heavy atom. The summed E-state index contributed by atoms with van der Waals surface area (Å²) in [6, 6.07) is 12.5. The van der Waals surface area contributed by atoms with Gasteiger partial charge in [0.15, 0.2) is 0 Å². The lowest BCUT2D eigenvalue weighted by atomic mass is 9.79. The summed E-state index contributed by atoms with van der Waals surface area (Å²) in [6.07, 6.45) is 3.62. The Morgan fingerprint density at radius 3 is 1.77 bits per heavy atom. The molecule has 0 spiro atoms. The second-order valence-corrected chi connectivity index (χ2v) is 22.8. The Morgan fingerprint density at radius 1 is 0.800 bits per heavy atom. The van der Waals surface area contributed by atoms with Gasteiger partial charge in [-0.15, -0.1) is 0 Å². The van der Waals surface area contributed by atoms with Crippen molar-refractivity contribution in [2.45, 2.75) is 85.7 Å². The predicted molar refractivity (Wildman–Crippen MR) is 143 cm³/mol. The van der Waals surface area contributed by atoms with E-state index in [1.807, 2.05) is 0 Å². The fraction of sp³-hybridized carbons (Fsp3) is 0.500. The number of fused-ring (bicyclic) bond motifs is 1. The molecule has 2 aromatic rings. The highest BCUT2D eigenvalue weighted by Gasteiger charge is 2.29. The van der Waals surface area contributed by atoms with Crippen LogP contribution in [0.3, 0.4) is 0 Å². The van der Waals surface area contributed by atoms with Gasteiger partial charge < -0.3 is 0 Å². The van der Waals surface area contributed by atoms with E-state index in [1.54, 1.807) is 15.9 Å². The van der Waals surface area contributed by atoms with Crippen molar-refractivity contribution in [3.8, 4) is 11.1 Å².